The lowest BCUT2D eigenvalue weighted by Gasteiger charge is -2.24. The molecule has 1 unspecified atom stereocenters. The van der Waals surface area contributed by atoms with E-state index < -0.39 is 0 Å². The second-order valence-corrected chi connectivity index (χ2v) is 5.29. The highest BCUT2D eigenvalue weighted by Crippen LogP contribution is 2.31. The minimum absolute atomic E-state index is 0.129. The predicted molar refractivity (Wildman–Crippen MR) is 69.7 cm³/mol. The molecule has 0 saturated carbocycles. The van der Waals surface area contributed by atoms with Gasteiger partial charge in [0.05, 0.1) is 0 Å². The molecule has 17 heavy (non-hydrogen) atoms. The first-order chi connectivity index (χ1) is 7.99. The molecule has 1 aliphatic heterocycles. The van der Waals surface area contributed by atoms with Gasteiger partial charge in [-0.15, -0.1) is 0 Å². The lowest BCUT2D eigenvalue weighted by atomic mass is 10.0. The summed E-state index contributed by atoms with van der Waals surface area (Å²) in [5.41, 5.74) is 8.67. The quantitative estimate of drug-likeness (QED) is 0.855. The molecule has 1 fully saturated rings. The van der Waals surface area contributed by atoms with Gasteiger partial charge in [0.25, 0.3) is 0 Å². The molecule has 0 aliphatic carbocycles. The molecule has 2 atom stereocenters. The van der Waals surface area contributed by atoms with Crippen molar-refractivity contribution in [3.8, 4) is 0 Å². The highest BCUT2D eigenvalue weighted by Gasteiger charge is 2.22. The van der Waals surface area contributed by atoms with Crippen LogP contribution < -0.4 is 10.6 Å². The molecule has 3 heteroatoms. The van der Waals surface area contributed by atoms with Gasteiger partial charge in [0.15, 0.2) is 0 Å². The summed E-state index contributed by atoms with van der Waals surface area (Å²) in [6.45, 7) is 8.06. The molecule has 0 radical (unpaired) electrons. The van der Waals surface area contributed by atoms with Crippen molar-refractivity contribution in [2.75, 3.05) is 18.0 Å². The molecule has 0 spiro atoms. The van der Waals surface area contributed by atoms with E-state index in [4.69, 9.17) is 5.73 Å². The summed E-state index contributed by atoms with van der Waals surface area (Å²) in [5, 5.41) is 0. The summed E-state index contributed by atoms with van der Waals surface area (Å²) < 4.78 is 13.6. The third-order valence-corrected chi connectivity index (χ3v) is 3.56. The molecule has 0 amide bonds. The van der Waals surface area contributed by atoms with Crippen LogP contribution in [0.15, 0.2) is 12.1 Å². The van der Waals surface area contributed by atoms with Crippen LogP contribution in [-0.4, -0.2) is 13.1 Å². The molecule has 1 saturated heterocycles. The van der Waals surface area contributed by atoms with Gasteiger partial charge in [-0.25, -0.2) is 4.39 Å². The molecule has 1 aromatic carbocycles. The highest BCUT2D eigenvalue weighted by atomic mass is 19.1. The van der Waals surface area contributed by atoms with E-state index >= 15 is 0 Å². The van der Waals surface area contributed by atoms with Gasteiger partial charge in [-0.1, -0.05) is 6.92 Å². The van der Waals surface area contributed by atoms with Crippen LogP contribution in [0.3, 0.4) is 0 Å². The monoisotopic (exact) mass is 236 g/mol. The fraction of sp³-hybridized carbons (Fsp3) is 0.571. The Balaban J connectivity index is 2.40. The predicted octanol–water partition coefficient (Wildman–Crippen LogP) is 3.00. The lowest BCUT2D eigenvalue weighted by molar-refractivity contribution is 0.612. The fourth-order valence-electron chi connectivity index (χ4n) is 2.47. The Hall–Kier alpha value is -1.09. The number of nitrogens with two attached hydrogens (primary N) is 1. The summed E-state index contributed by atoms with van der Waals surface area (Å²) in [7, 11) is 0. The lowest BCUT2D eigenvalue weighted by Crippen LogP contribution is -2.22. The normalized spacial score (nSPS) is 21.9. The maximum atomic E-state index is 13.6. The van der Waals surface area contributed by atoms with Crippen LogP contribution in [0.2, 0.25) is 0 Å². The second-order valence-electron chi connectivity index (χ2n) is 5.29. The summed E-state index contributed by atoms with van der Waals surface area (Å²) in [6, 6.07) is 3.40. The standard InChI is InChI=1S/C14H21FN2/c1-9-4-5-17(8-9)14-6-10(2)13(15)7-12(14)11(3)16/h6-7,9,11H,4-5,8,16H2,1-3H3/t9?,11-/m0/s1. The smallest absolute Gasteiger partial charge is 0.126 e. The molecule has 2 nitrogen and oxygen atoms in total. The van der Waals surface area contributed by atoms with E-state index in [-0.39, 0.29) is 11.9 Å². The van der Waals surface area contributed by atoms with Gasteiger partial charge in [0.1, 0.15) is 5.82 Å². The average Bonchev–Trinajstić information content (AvgIpc) is 2.68. The largest absolute Gasteiger partial charge is 0.371 e. The van der Waals surface area contributed by atoms with Crippen molar-refractivity contribution in [3.63, 3.8) is 0 Å². The minimum atomic E-state index is -0.159. The minimum Gasteiger partial charge on any atom is -0.371 e. The van der Waals surface area contributed by atoms with Crippen molar-refractivity contribution in [1.29, 1.82) is 0 Å². The van der Waals surface area contributed by atoms with Crippen LogP contribution in [0, 0.1) is 18.7 Å². The van der Waals surface area contributed by atoms with Gasteiger partial charge >= 0.3 is 0 Å². The molecule has 94 valence electrons. The third-order valence-electron chi connectivity index (χ3n) is 3.56. The van der Waals surface area contributed by atoms with Crippen LogP contribution in [0.4, 0.5) is 10.1 Å². The number of nitrogens with zero attached hydrogens (tertiary/aromatic N) is 1. The number of anilines is 1. The second kappa shape index (κ2) is 4.65. The molecule has 2 rings (SSSR count). The first-order valence-corrected chi connectivity index (χ1v) is 6.29. The Morgan fingerprint density at radius 2 is 2.18 bits per heavy atom. The van der Waals surface area contributed by atoms with Gasteiger partial charge < -0.3 is 10.6 Å². The Morgan fingerprint density at radius 1 is 1.47 bits per heavy atom. The SMILES string of the molecule is Cc1cc(N2CCC(C)C2)c([C@H](C)N)cc1F. The molecule has 2 N–H and O–H groups in total. The number of halogens is 1. The van der Waals surface area contributed by atoms with E-state index in [1.165, 1.54) is 6.42 Å². The molecule has 0 aromatic heterocycles. The van der Waals surface area contributed by atoms with E-state index in [0.717, 1.165) is 24.3 Å². The summed E-state index contributed by atoms with van der Waals surface area (Å²) in [6.07, 6.45) is 1.20. The zero-order valence-electron chi connectivity index (χ0n) is 10.8. The van der Waals surface area contributed by atoms with Crippen LogP contribution in [0.25, 0.3) is 0 Å². The van der Waals surface area contributed by atoms with Gasteiger partial charge in [-0.3, -0.25) is 0 Å². The number of hydrogen-bond donors (Lipinski definition) is 1. The summed E-state index contributed by atoms with van der Waals surface area (Å²) in [4.78, 5) is 2.33. The van der Waals surface area contributed by atoms with Crippen LogP contribution in [0.1, 0.15) is 37.4 Å². The third kappa shape index (κ3) is 2.44. The summed E-state index contributed by atoms with van der Waals surface area (Å²) in [5.74, 6) is 0.551. The molecular formula is C14H21FN2. The Labute approximate surface area is 103 Å². The number of benzene rings is 1. The fourth-order valence-corrected chi connectivity index (χ4v) is 2.47. The van der Waals surface area contributed by atoms with Crippen LogP contribution >= 0.6 is 0 Å². The zero-order chi connectivity index (χ0) is 12.6. The van der Waals surface area contributed by atoms with Crippen molar-refractivity contribution >= 4 is 5.69 Å². The number of rotatable bonds is 2. The van der Waals surface area contributed by atoms with Crippen LogP contribution in [-0.2, 0) is 0 Å². The molecule has 1 aromatic rings. The highest BCUT2D eigenvalue weighted by molar-refractivity contribution is 5.57. The topological polar surface area (TPSA) is 29.3 Å². The van der Waals surface area contributed by atoms with Crippen LogP contribution in [0.5, 0.6) is 0 Å². The molecule has 0 bridgehead atoms. The Kier molecular flexibility index (Phi) is 3.38. The van der Waals surface area contributed by atoms with E-state index in [9.17, 15) is 4.39 Å². The molecule has 1 aliphatic rings. The van der Waals surface area contributed by atoms with E-state index in [2.05, 4.69) is 11.8 Å². The van der Waals surface area contributed by atoms with E-state index in [1.54, 1.807) is 6.07 Å². The number of hydrogen-bond acceptors (Lipinski definition) is 2. The van der Waals surface area contributed by atoms with Crippen molar-refractivity contribution in [1.82, 2.24) is 0 Å². The van der Waals surface area contributed by atoms with E-state index in [0.29, 0.717) is 11.5 Å². The first kappa shape index (κ1) is 12.4. The van der Waals surface area contributed by atoms with Gasteiger partial charge in [0, 0.05) is 24.8 Å². The van der Waals surface area contributed by atoms with Crippen molar-refractivity contribution in [2.24, 2.45) is 11.7 Å². The first-order valence-electron chi connectivity index (χ1n) is 6.29. The van der Waals surface area contributed by atoms with E-state index in [1.807, 2.05) is 19.9 Å². The van der Waals surface area contributed by atoms with Crippen molar-refractivity contribution in [3.05, 3.63) is 29.1 Å². The maximum Gasteiger partial charge on any atom is 0.126 e. The zero-order valence-corrected chi connectivity index (χ0v) is 10.8. The Bertz CT molecular complexity index is 415. The van der Waals surface area contributed by atoms with Gasteiger partial charge in [-0.2, -0.15) is 0 Å². The average molecular weight is 236 g/mol. The maximum absolute atomic E-state index is 13.6. The van der Waals surface area contributed by atoms with Crippen molar-refractivity contribution < 1.29 is 4.39 Å². The van der Waals surface area contributed by atoms with Crippen molar-refractivity contribution in [2.45, 2.75) is 33.2 Å². The Morgan fingerprint density at radius 3 is 2.71 bits per heavy atom. The number of aryl methyl sites for hydroxylation is 1. The van der Waals surface area contributed by atoms with Gasteiger partial charge in [-0.05, 0) is 49.4 Å². The molecular weight excluding hydrogens is 215 g/mol. The van der Waals surface area contributed by atoms with Gasteiger partial charge in [0.2, 0.25) is 0 Å². The summed E-state index contributed by atoms with van der Waals surface area (Å²) >= 11 is 0. The molecule has 1 heterocycles.